The van der Waals surface area contributed by atoms with Gasteiger partial charge in [0.05, 0.1) is 0 Å². The van der Waals surface area contributed by atoms with E-state index in [0.717, 1.165) is 6.54 Å². The lowest BCUT2D eigenvalue weighted by Gasteiger charge is -2.39. The van der Waals surface area contributed by atoms with Crippen LogP contribution < -0.4 is 10.6 Å². The van der Waals surface area contributed by atoms with Crippen LogP contribution in [0.15, 0.2) is 18.5 Å². The van der Waals surface area contributed by atoms with E-state index >= 15 is 0 Å². The summed E-state index contributed by atoms with van der Waals surface area (Å²) in [5.41, 5.74) is 8.45. The van der Waals surface area contributed by atoms with Gasteiger partial charge in [-0.05, 0) is 43.9 Å². The minimum atomic E-state index is 0.592. The van der Waals surface area contributed by atoms with Crippen LogP contribution in [0.5, 0.6) is 0 Å². The van der Waals surface area contributed by atoms with E-state index in [1.807, 2.05) is 12.4 Å². The summed E-state index contributed by atoms with van der Waals surface area (Å²) in [6.45, 7) is 2.93. The van der Waals surface area contributed by atoms with Crippen molar-refractivity contribution in [3.05, 3.63) is 24.0 Å². The number of nitrogens with two attached hydrogens (primary N) is 1. The molecule has 0 aliphatic heterocycles. The second-order valence-electron chi connectivity index (χ2n) is 5.12. The van der Waals surface area contributed by atoms with E-state index in [0.29, 0.717) is 12.0 Å². The van der Waals surface area contributed by atoms with E-state index in [1.165, 1.54) is 36.9 Å². The van der Waals surface area contributed by atoms with Crippen LogP contribution in [0.1, 0.15) is 31.2 Å². The highest BCUT2D eigenvalue weighted by Gasteiger charge is 2.27. The molecule has 1 aliphatic rings. The van der Waals surface area contributed by atoms with Gasteiger partial charge in [0.15, 0.2) is 0 Å². The monoisotopic (exact) mass is 233 g/mol. The third-order valence-electron chi connectivity index (χ3n) is 4.04. The predicted molar refractivity (Wildman–Crippen MR) is 72.2 cm³/mol. The Balaban J connectivity index is 2.18. The maximum Gasteiger partial charge on any atom is 0.0426 e. The van der Waals surface area contributed by atoms with E-state index in [2.05, 4.69) is 29.9 Å². The van der Waals surface area contributed by atoms with Crippen LogP contribution in [-0.4, -0.2) is 24.6 Å². The molecule has 2 atom stereocenters. The summed E-state index contributed by atoms with van der Waals surface area (Å²) in [5, 5.41) is 0. The van der Waals surface area contributed by atoms with Crippen molar-refractivity contribution in [1.29, 1.82) is 0 Å². The molecule has 1 saturated carbocycles. The molecule has 3 nitrogen and oxygen atoms in total. The number of pyridine rings is 1. The molecule has 2 unspecified atom stereocenters. The first kappa shape index (κ1) is 12.4. The van der Waals surface area contributed by atoms with Crippen molar-refractivity contribution < 1.29 is 0 Å². The fraction of sp³-hybridized carbons (Fsp3) is 0.643. The SMILES string of the molecule is Cc1cnccc1N(C)C1CCCCC1CN. The molecule has 1 aromatic rings. The third kappa shape index (κ3) is 2.60. The summed E-state index contributed by atoms with van der Waals surface area (Å²) in [6, 6.07) is 2.70. The van der Waals surface area contributed by atoms with E-state index in [9.17, 15) is 0 Å². The topological polar surface area (TPSA) is 42.2 Å². The molecule has 0 spiro atoms. The average Bonchev–Trinajstić information content (AvgIpc) is 2.38. The van der Waals surface area contributed by atoms with Gasteiger partial charge in [0, 0.05) is 31.2 Å². The summed E-state index contributed by atoms with van der Waals surface area (Å²) < 4.78 is 0. The van der Waals surface area contributed by atoms with Gasteiger partial charge < -0.3 is 10.6 Å². The third-order valence-corrected chi connectivity index (χ3v) is 4.04. The van der Waals surface area contributed by atoms with Gasteiger partial charge in [0.25, 0.3) is 0 Å². The zero-order valence-electron chi connectivity index (χ0n) is 10.9. The fourth-order valence-electron chi connectivity index (χ4n) is 3.01. The summed E-state index contributed by atoms with van der Waals surface area (Å²) in [4.78, 5) is 6.57. The Morgan fingerprint density at radius 2 is 2.18 bits per heavy atom. The number of anilines is 1. The molecule has 1 fully saturated rings. The Bertz CT molecular complexity index is 364. The Morgan fingerprint density at radius 1 is 1.41 bits per heavy atom. The van der Waals surface area contributed by atoms with Crippen molar-refractivity contribution in [2.24, 2.45) is 11.7 Å². The second kappa shape index (κ2) is 5.50. The minimum Gasteiger partial charge on any atom is -0.371 e. The molecule has 0 saturated heterocycles. The molecule has 0 amide bonds. The van der Waals surface area contributed by atoms with Gasteiger partial charge in [-0.2, -0.15) is 0 Å². The smallest absolute Gasteiger partial charge is 0.0426 e. The first-order chi connectivity index (χ1) is 8.24. The number of hydrogen-bond acceptors (Lipinski definition) is 3. The maximum absolute atomic E-state index is 5.91. The molecule has 94 valence electrons. The van der Waals surface area contributed by atoms with E-state index in [1.54, 1.807) is 0 Å². The van der Waals surface area contributed by atoms with Crippen LogP contribution in [0.4, 0.5) is 5.69 Å². The van der Waals surface area contributed by atoms with Crippen molar-refractivity contribution in [3.8, 4) is 0 Å². The van der Waals surface area contributed by atoms with Gasteiger partial charge in [-0.3, -0.25) is 4.98 Å². The first-order valence-corrected chi connectivity index (χ1v) is 6.57. The van der Waals surface area contributed by atoms with Gasteiger partial charge in [-0.15, -0.1) is 0 Å². The van der Waals surface area contributed by atoms with Gasteiger partial charge >= 0.3 is 0 Å². The molecule has 2 rings (SSSR count). The lowest BCUT2D eigenvalue weighted by molar-refractivity contribution is 0.306. The molecule has 1 aliphatic carbocycles. The lowest BCUT2D eigenvalue weighted by Crippen LogP contribution is -2.43. The Hall–Kier alpha value is -1.09. The van der Waals surface area contributed by atoms with Crippen LogP contribution in [0.25, 0.3) is 0 Å². The molecule has 0 radical (unpaired) electrons. The van der Waals surface area contributed by atoms with E-state index < -0.39 is 0 Å². The summed E-state index contributed by atoms with van der Waals surface area (Å²) >= 11 is 0. The standard InChI is InChI=1S/C14H23N3/c1-11-10-16-8-7-13(11)17(2)14-6-4-3-5-12(14)9-15/h7-8,10,12,14H,3-6,9,15H2,1-2H3. The van der Waals surface area contributed by atoms with Gasteiger partial charge in [0.2, 0.25) is 0 Å². The van der Waals surface area contributed by atoms with Crippen molar-refractivity contribution in [2.75, 3.05) is 18.5 Å². The highest BCUT2D eigenvalue weighted by Crippen LogP contribution is 2.31. The normalized spacial score (nSPS) is 24.6. The molecule has 1 heterocycles. The Labute approximate surface area is 104 Å². The van der Waals surface area contributed by atoms with Crippen LogP contribution in [0.3, 0.4) is 0 Å². The van der Waals surface area contributed by atoms with Crippen molar-refractivity contribution in [2.45, 2.75) is 38.6 Å². The molecule has 17 heavy (non-hydrogen) atoms. The average molecular weight is 233 g/mol. The van der Waals surface area contributed by atoms with E-state index in [-0.39, 0.29) is 0 Å². The molecular formula is C14H23N3. The van der Waals surface area contributed by atoms with Gasteiger partial charge in [-0.1, -0.05) is 12.8 Å². The highest BCUT2D eigenvalue weighted by atomic mass is 15.1. The van der Waals surface area contributed by atoms with Crippen molar-refractivity contribution >= 4 is 5.69 Å². The predicted octanol–water partition coefficient (Wildman–Crippen LogP) is 2.34. The fourth-order valence-corrected chi connectivity index (χ4v) is 3.01. The van der Waals surface area contributed by atoms with Crippen LogP contribution in [0.2, 0.25) is 0 Å². The molecule has 3 heteroatoms. The number of aromatic nitrogens is 1. The maximum atomic E-state index is 5.91. The van der Waals surface area contributed by atoms with E-state index in [4.69, 9.17) is 5.73 Å². The molecule has 2 N–H and O–H groups in total. The summed E-state index contributed by atoms with van der Waals surface area (Å²) in [7, 11) is 2.20. The molecular weight excluding hydrogens is 210 g/mol. The number of hydrogen-bond donors (Lipinski definition) is 1. The number of nitrogens with zero attached hydrogens (tertiary/aromatic N) is 2. The molecule has 1 aromatic heterocycles. The Kier molecular flexibility index (Phi) is 4.00. The lowest BCUT2D eigenvalue weighted by atomic mass is 9.83. The highest BCUT2D eigenvalue weighted by molar-refractivity contribution is 5.51. The number of aryl methyl sites for hydroxylation is 1. The zero-order chi connectivity index (χ0) is 12.3. The second-order valence-corrected chi connectivity index (χ2v) is 5.12. The van der Waals surface area contributed by atoms with Gasteiger partial charge in [-0.25, -0.2) is 0 Å². The van der Waals surface area contributed by atoms with Crippen molar-refractivity contribution in [1.82, 2.24) is 4.98 Å². The molecule has 0 aromatic carbocycles. The zero-order valence-corrected chi connectivity index (χ0v) is 10.9. The van der Waals surface area contributed by atoms with Crippen molar-refractivity contribution in [3.63, 3.8) is 0 Å². The van der Waals surface area contributed by atoms with Crippen LogP contribution >= 0.6 is 0 Å². The van der Waals surface area contributed by atoms with Crippen LogP contribution in [0, 0.1) is 12.8 Å². The number of rotatable bonds is 3. The van der Waals surface area contributed by atoms with Gasteiger partial charge in [0.1, 0.15) is 0 Å². The Morgan fingerprint density at radius 3 is 2.88 bits per heavy atom. The van der Waals surface area contributed by atoms with Crippen LogP contribution in [-0.2, 0) is 0 Å². The first-order valence-electron chi connectivity index (χ1n) is 6.57. The molecule has 0 bridgehead atoms. The largest absolute Gasteiger partial charge is 0.371 e. The summed E-state index contributed by atoms with van der Waals surface area (Å²) in [5.74, 6) is 0.640. The summed E-state index contributed by atoms with van der Waals surface area (Å²) in [6.07, 6.45) is 9.01. The quantitative estimate of drug-likeness (QED) is 0.871. The minimum absolute atomic E-state index is 0.592.